The summed E-state index contributed by atoms with van der Waals surface area (Å²) in [4.78, 5) is 43.7. The van der Waals surface area contributed by atoms with E-state index in [1.54, 1.807) is 4.90 Å². The number of piperazine rings is 1. The first kappa shape index (κ1) is 27.0. The molecule has 0 unspecified atom stereocenters. The van der Waals surface area contributed by atoms with Gasteiger partial charge in [-0.15, -0.1) is 0 Å². The molecule has 7 heteroatoms. The first-order chi connectivity index (χ1) is 17.8. The van der Waals surface area contributed by atoms with Gasteiger partial charge in [0.25, 0.3) is 0 Å². The number of ketones is 1. The van der Waals surface area contributed by atoms with Crippen molar-refractivity contribution in [2.24, 2.45) is 5.92 Å². The van der Waals surface area contributed by atoms with Crippen LogP contribution in [-0.4, -0.2) is 69.8 Å². The van der Waals surface area contributed by atoms with Crippen molar-refractivity contribution in [3.63, 3.8) is 0 Å². The number of carbonyl (C=O) groups excluding carboxylic acids is 3. The fraction of sp³-hybridized carbons (Fsp3) is 0.500. The summed E-state index contributed by atoms with van der Waals surface area (Å²) < 4.78 is 0. The summed E-state index contributed by atoms with van der Waals surface area (Å²) in [5.74, 6) is -0.432. The van der Waals surface area contributed by atoms with Crippen molar-refractivity contribution >= 4 is 17.6 Å². The maximum Gasteiger partial charge on any atom is 0.248 e. The van der Waals surface area contributed by atoms with Crippen molar-refractivity contribution < 1.29 is 19.5 Å². The van der Waals surface area contributed by atoms with Gasteiger partial charge < -0.3 is 15.3 Å². The van der Waals surface area contributed by atoms with E-state index in [1.165, 1.54) is 0 Å². The predicted octanol–water partition coefficient (Wildman–Crippen LogP) is 3.40. The van der Waals surface area contributed by atoms with Crippen LogP contribution >= 0.6 is 0 Å². The number of nitrogens with one attached hydrogen (secondary N) is 1. The number of carbonyl (C=O) groups is 3. The van der Waals surface area contributed by atoms with E-state index in [-0.39, 0.29) is 23.5 Å². The second-order valence-electron chi connectivity index (χ2n) is 10.7. The van der Waals surface area contributed by atoms with Crippen molar-refractivity contribution in [1.29, 1.82) is 0 Å². The van der Waals surface area contributed by atoms with E-state index in [4.69, 9.17) is 0 Å². The van der Waals surface area contributed by atoms with E-state index in [0.29, 0.717) is 43.6 Å². The van der Waals surface area contributed by atoms with Crippen molar-refractivity contribution in [2.45, 2.75) is 70.7 Å². The summed E-state index contributed by atoms with van der Waals surface area (Å²) >= 11 is 0. The number of hydrogen-bond acceptors (Lipinski definition) is 5. The Morgan fingerprint density at radius 1 is 1.03 bits per heavy atom. The molecular weight excluding hydrogens is 466 g/mol. The molecule has 2 aromatic carbocycles. The Labute approximate surface area is 219 Å². The average molecular weight is 506 g/mol. The molecule has 2 heterocycles. The number of aliphatic hydroxyl groups is 1. The van der Waals surface area contributed by atoms with E-state index in [2.05, 4.69) is 17.1 Å². The van der Waals surface area contributed by atoms with Crippen LogP contribution in [0.4, 0.5) is 0 Å². The molecule has 0 aromatic heterocycles. The lowest BCUT2D eigenvalue weighted by Gasteiger charge is -2.52. The lowest BCUT2D eigenvalue weighted by molar-refractivity contribution is -0.165. The normalized spacial score (nSPS) is 20.8. The van der Waals surface area contributed by atoms with E-state index >= 15 is 0 Å². The number of hydrogen-bond donors (Lipinski definition) is 2. The standard InChI is InChI=1S/C30H39N3O4/c1-4-5-17-33-28(36)25(26(34)21(2)3)31-29(37)30(33)15-18-32(19-16-30)20-22-11-13-24(14-12-22)27(35)23-9-7-6-8-10-23/h6-14,21,25-26,34H,4-5,15-20H2,1-3H3,(H,31,37)/t25-,26-/m1/s1. The molecule has 2 aliphatic rings. The number of benzene rings is 2. The Bertz CT molecular complexity index is 1090. The van der Waals surface area contributed by atoms with Crippen LogP contribution in [0.3, 0.4) is 0 Å². The molecule has 0 radical (unpaired) electrons. The maximum atomic E-state index is 13.5. The molecule has 2 aliphatic heterocycles. The smallest absolute Gasteiger partial charge is 0.248 e. The van der Waals surface area contributed by atoms with Crippen LogP contribution in [-0.2, 0) is 16.1 Å². The quantitative estimate of drug-likeness (QED) is 0.510. The summed E-state index contributed by atoms with van der Waals surface area (Å²) in [6, 6.07) is 16.1. The molecular formula is C30H39N3O4. The maximum absolute atomic E-state index is 13.5. The SMILES string of the molecule is CCCCN1C(=O)[C@@H]([C@H](O)C(C)C)NC(=O)C12CCN(Cc1ccc(C(=O)c3ccccc3)cc1)CC2. The van der Waals surface area contributed by atoms with Gasteiger partial charge in [0.05, 0.1) is 6.10 Å². The number of piperidine rings is 1. The third-order valence-corrected chi connectivity index (χ3v) is 7.86. The van der Waals surface area contributed by atoms with Gasteiger partial charge in [0.2, 0.25) is 11.8 Å². The molecule has 4 rings (SSSR count). The van der Waals surface area contributed by atoms with Gasteiger partial charge in [0.1, 0.15) is 11.6 Å². The molecule has 0 saturated carbocycles. The van der Waals surface area contributed by atoms with E-state index in [0.717, 1.165) is 24.9 Å². The lowest BCUT2D eigenvalue weighted by Crippen LogP contribution is -2.74. The fourth-order valence-corrected chi connectivity index (χ4v) is 5.45. The summed E-state index contributed by atoms with van der Waals surface area (Å²) in [5.41, 5.74) is 1.58. The van der Waals surface area contributed by atoms with Crippen molar-refractivity contribution in [2.75, 3.05) is 19.6 Å². The number of aliphatic hydroxyl groups excluding tert-OH is 1. The molecule has 2 saturated heterocycles. The molecule has 1 spiro atoms. The van der Waals surface area contributed by atoms with Gasteiger partial charge in [-0.3, -0.25) is 19.3 Å². The monoisotopic (exact) mass is 505 g/mol. The first-order valence-electron chi connectivity index (χ1n) is 13.5. The number of nitrogens with zero attached hydrogens (tertiary/aromatic N) is 2. The van der Waals surface area contributed by atoms with Crippen LogP contribution in [0, 0.1) is 5.92 Å². The van der Waals surface area contributed by atoms with Gasteiger partial charge in [0.15, 0.2) is 5.78 Å². The van der Waals surface area contributed by atoms with Crippen LogP contribution in [0.15, 0.2) is 54.6 Å². The topological polar surface area (TPSA) is 90.0 Å². The Balaban J connectivity index is 1.42. The first-order valence-corrected chi connectivity index (χ1v) is 13.5. The molecule has 37 heavy (non-hydrogen) atoms. The molecule has 0 bridgehead atoms. The summed E-state index contributed by atoms with van der Waals surface area (Å²) in [6.45, 7) is 8.40. The van der Waals surface area contributed by atoms with Gasteiger partial charge >= 0.3 is 0 Å². The highest BCUT2D eigenvalue weighted by atomic mass is 16.3. The minimum atomic E-state index is -0.908. The summed E-state index contributed by atoms with van der Waals surface area (Å²) in [7, 11) is 0. The second kappa shape index (κ2) is 11.6. The Morgan fingerprint density at radius 3 is 2.24 bits per heavy atom. The third kappa shape index (κ3) is 5.63. The molecule has 2 aromatic rings. The van der Waals surface area contributed by atoms with Crippen LogP contribution in [0.2, 0.25) is 0 Å². The molecule has 2 fully saturated rings. The van der Waals surface area contributed by atoms with Crippen molar-refractivity contribution in [3.8, 4) is 0 Å². The number of unbranched alkanes of at least 4 members (excludes halogenated alkanes) is 1. The second-order valence-corrected chi connectivity index (χ2v) is 10.7. The molecule has 198 valence electrons. The van der Waals surface area contributed by atoms with E-state index in [9.17, 15) is 19.5 Å². The zero-order valence-electron chi connectivity index (χ0n) is 22.2. The summed E-state index contributed by atoms with van der Waals surface area (Å²) in [5, 5.41) is 13.5. The van der Waals surface area contributed by atoms with Gasteiger partial charge in [0, 0.05) is 37.3 Å². The number of likely N-dealkylation sites (tertiary alicyclic amines) is 1. The van der Waals surface area contributed by atoms with Crippen molar-refractivity contribution in [3.05, 3.63) is 71.3 Å². The number of amides is 2. The average Bonchev–Trinajstić information content (AvgIpc) is 2.92. The van der Waals surface area contributed by atoms with Gasteiger partial charge in [-0.05, 0) is 30.7 Å². The molecule has 2 atom stereocenters. The molecule has 7 nitrogen and oxygen atoms in total. The van der Waals surface area contributed by atoms with Gasteiger partial charge in [-0.1, -0.05) is 81.8 Å². The number of rotatable bonds is 9. The van der Waals surface area contributed by atoms with E-state index < -0.39 is 17.7 Å². The highest BCUT2D eigenvalue weighted by molar-refractivity contribution is 6.08. The zero-order valence-corrected chi connectivity index (χ0v) is 22.2. The Morgan fingerprint density at radius 2 is 1.65 bits per heavy atom. The minimum Gasteiger partial charge on any atom is -0.390 e. The fourth-order valence-electron chi connectivity index (χ4n) is 5.45. The zero-order chi connectivity index (χ0) is 26.6. The van der Waals surface area contributed by atoms with E-state index in [1.807, 2.05) is 68.4 Å². The highest BCUT2D eigenvalue weighted by Crippen LogP contribution is 2.34. The van der Waals surface area contributed by atoms with Crippen LogP contribution in [0.1, 0.15) is 67.9 Å². The molecule has 0 aliphatic carbocycles. The van der Waals surface area contributed by atoms with Crippen LogP contribution in [0.5, 0.6) is 0 Å². The molecule has 2 N–H and O–H groups in total. The minimum absolute atomic E-state index is 0.00750. The van der Waals surface area contributed by atoms with Crippen molar-refractivity contribution in [1.82, 2.24) is 15.1 Å². The largest absolute Gasteiger partial charge is 0.390 e. The molecule has 2 amide bonds. The summed E-state index contributed by atoms with van der Waals surface area (Å²) in [6.07, 6.45) is 1.96. The van der Waals surface area contributed by atoms with Crippen LogP contribution < -0.4 is 5.32 Å². The predicted molar refractivity (Wildman–Crippen MR) is 143 cm³/mol. The Hall–Kier alpha value is -3.03. The highest BCUT2D eigenvalue weighted by Gasteiger charge is 2.54. The Kier molecular flexibility index (Phi) is 8.45. The van der Waals surface area contributed by atoms with Crippen LogP contribution in [0.25, 0.3) is 0 Å². The van der Waals surface area contributed by atoms with Gasteiger partial charge in [-0.25, -0.2) is 0 Å². The third-order valence-electron chi connectivity index (χ3n) is 7.86. The van der Waals surface area contributed by atoms with Gasteiger partial charge in [-0.2, -0.15) is 0 Å². The lowest BCUT2D eigenvalue weighted by atomic mass is 9.80.